The molecule has 23 heavy (non-hydrogen) atoms. The Morgan fingerprint density at radius 1 is 1.35 bits per heavy atom. The normalized spacial score (nSPS) is 29.5. The van der Waals surface area contributed by atoms with E-state index in [4.69, 9.17) is 4.74 Å². The fourth-order valence-corrected chi connectivity index (χ4v) is 4.09. The average Bonchev–Trinajstić information content (AvgIpc) is 3.01. The Bertz CT molecular complexity index is 662. The molecule has 2 fully saturated rings. The molecule has 3 heterocycles. The summed E-state index contributed by atoms with van der Waals surface area (Å²) >= 11 is 0. The van der Waals surface area contributed by atoms with Gasteiger partial charge in [-0.1, -0.05) is 18.2 Å². The number of carbonyl (C=O) groups is 2. The highest BCUT2D eigenvalue weighted by Gasteiger charge is 2.54. The van der Waals surface area contributed by atoms with Gasteiger partial charge in [0.05, 0.1) is 12.0 Å². The van der Waals surface area contributed by atoms with Gasteiger partial charge in [0.25, 0.3) is 0 Å². The number of hydrogen-bond donors (Lipinski definition) is 1. The number of rotatable bonds is 3. The predicted octanol–water partition coefficient (Wildman–Crippen LogP) is 1.15. The number of nitrogens with zero attached hydrogens (tertiary/aromatic N) is 2. The van der Waals surface area contributed by atoms with Gasteiger partial charge < -0.3 is 19.9 Å². The highest BCUT2D eigenvalue weighted by molar-refractivity contribution is 6.01. The summed E-state index contributed by atoms with van der Waals surface area (Å²) in [5, 5.41) is 3.38. The van der Waals surface area contributed by atoms with Crippen LogP contribution >= 0.6 is 0 Å². The Kier molecular flexibility index (Phi) is 3.30. The first kappa shape index (κ1) is 14.5. The molecular weight excluding hydrogens is 294 g/mol. The van der Waals surface area contributed by atoms with E-state index in [0.717, 1.165) is 24.2 Å². The lowest BCUT2D eigenvalue weighted by Crippen LogP contribution is -2.61. The largest absolute Gasteiger partial charge is 0.443 e. The van der Waals surface area contributed by atoms with Gasteiger partial charge in [0, 0.05) is 25.8 Å². The molecule has 1 N–H and O–H groups in total. The third kappa shape index (κ3) is 2.12. The Labute approximate surface area is 135 Å². The fraction of sp³-hybridized carbons (Fsp3) is 0.529. The molecule has 0 radical (unpaired) electrons. The monoisotopic (exact) mass is 315 g/mol. The number of benzene rings is 1. The summed E-state index contributed by atoms with van der Waals surface area (Å²) < 4.78 is 5.54. The maximum Gasteiger partial charge on any atom is 0.410 e. The SMILES string of the molecule is CN1C(=O)OC2CCNCC21CCN1C(=O)Cc2ccccc21. The van der Waals surface area contributed by atoms with Crippen molar-refractivity contribution in [1.82, 2.24) is 10.2 Å². The van der Waals surface area contributed by atoms with E-state index < -0.39 is 0 Å². The van der Waals surface area contributed by atoms with Crippen molar-refractivity contribution in [2.45, 2.75) is 30.9 Å². The molecule has 3 aliphatic rings. The van der Waals surface area contributed by atoms with Crippen molar-refractivity contribution in [3.8, 4) is 0 Å². The van der Waals surface area contributed by atoms with E-state index in [2.05, 4.69) is 5.32 Å². The van der Waals surface area contributed by atoms with Crippen LogP contribution in [0.2, 0.25) is 0 Å². The van der Waals surface area contributed by atoms with E-state index in [1.165, 1.54) is 0 Å². The molecule has 6 heteroatoms. The van der Waals surface area contributed by atoms with Crippen LogP contribution in [0.1, 0.15) is 18.4 Å². The van der Waals surface area contributed by atoms with Gasteiger partial charge in [-0.15, -0.1) is 0 Å². The molecule has 0 aromatic heterocycles. The average molecular weight is 315 g/mol. The molecule has 0 spiro atoms. The number of nitrogens with one attached hydrogen (secondary N) is 1. The third-order valence-corrected chi connectivity index (χ3v) is 5.49. The molecule has 2 atom stereocenters. The van der Waals surface area contributed by atoms with Crippen LogP contribution in [-0.2, 0) is 16.0 Å². The Balaban J connectivity index is 1.56. The van der Waals surface area contributed by atoms with Crippen LogP contribution in [0.25, 0.3) is 0 Å². The zero-order chi connectivity index (χ0) is 16.0. The maximum atomic E-state index is 12.3. The number of amides is 2. The standard InChI is InChI=1S/C17H21N3O3/c1-19-16(22)23-14-6-8-18-11-17(14,19)7-9-20-13-5-3-2-4-12(13)10-15(20)21/h2-5,14,18H,6-11H2,1H3. The van der Waals surface area contributed by atoms with Crippen molar-refractivity contribution in [2.24, 2.45) is 0 Å². The molecule has 2 unspecified atom stereocenters. The molecule has 2 amide bonds. The minimum Gasteiger partial charge on any atom is -0.443 e. The molecule has 122 valence electrons. The number of piperidine rings is 1. The smallest absolute Gasteiger partial charge is 0.410 e. The lowest BCUT2D eigenvalue weighted by molar-refractivity contribution is -0.117. The summed E-state index contributed by atoms with van der Waals surface area (Å²) in [5.41, 5.74) is 1.73. The number of carbonyl (C=O) groups excluding carboxylic acids is 2. The maximum absolute atomic E-state index is 12.3. The highest BCUT2D eigenvalue weighted by Crippen LogP contribution is 2.37. The summed E-state index contributed by atoms with van der Waals surface area (Å²) in [6, 6.07) is 7.92. The van der Waals surface area contributed by atoms with Crippen molar-refractivity contribution in [2.75, 3.05) is 31.6 Å². The summed E-state index contributed by atoms with van der Waals surface area (Å²) in [4.78, 5) is 27.9. The lowest BCUT2D eigenvalue weighted by Gasteiger charge is -2.41. The molecule has 6 nitrogen and oxygen atoms in total. The third-order valence-electron chi connectivity index (χ3n) is 5.49. The topological polar surface area (TPSA) is 61.9 Å². The van der Waals surface area contributed by atoms with Gasteiger partial charge in [0.2, 0.25) is 5.91 Å². The zero-order valence-electron chi connectivity index (χ0n) is 13.2. The first-order valence-electron chi connectivity index (χ1n) is 8.15. The van der Waals surface area contributed by atoms with Crippen LogP contribution in [0.4, 0.5) is 10.5 Å². The second-order valence-electron chi connectivity index (χ2n) is 6.60. The van der Waals surface area contributed by atoms with E-state index in [0.29, 0.717) is 25.9 Å². The Morgan fingerprint density at radius 3 is 3.04 bits per heavy atom. The van der Waals surface area contributed by atoms with Crippen LogP contribution < -0.4 is 10.2 Å². The van der Waals surface area contributed by atoms with Crippen LogP contribution in [0.3, 0.4) is 0 Å². The second-order valence-corrected chi connectivity index (χ2v) is 6.60. The van der Waals surface area contributed by atoms with E-state index in [9.17, 15) is 9.59 Å². The zero-order valence-corrected chi connectivity index (χ0v) is 13.2. The van der Waals surface area contributed by atoms with E-state index in [1.807, 2.05) is 29.2 Å². The van der Waals surface area contributed by atoms with E-state index >= 15 is 0 Å². The minimum absolute atomic E-state index is 0.0887. The number of hydrogen-bond acceptors (Lipinski definition) is 4. The van der Waals surface area contributed by atoms with Crippen LogP contribution in [-0.4, -0.2) is 55.2 Å². The lowest BCUT2D eigenvalue weighted by atomic mass is 9.83. The van der Waals surface area contributed by atoms with Crippen LogP contribution in [0.5, 0.6) is 0 Å². The van der Waals surface area contributed by atoms with Gasteiger partial charge in [-0.05, 0) is 31.0 Å². The highest BCUT2D eigenvalue weighted by atomic mass is 16.6. The van der Waals surface area contributed by atoms with Crippen molar-refractivity contribution in [3.05, 3.63) is 29.8 Å². The van der Waals surface area contributed by atoms with Gasteiger partial charge >= 0.3 is 6.09 Å². The minimum atomic E-state index is -0.354. The summed E-state index contributed by atoms with van der Waals surface area (Å²) in [6.45, 7) is 2.18. The molecule has 3 aliphatic heterocycles. The summed E-state index contributed by atoms with van der Waals surface area (Å²) in [5.74, 6) is 0.135. The molecule has 0 aliphatic carbocycles. The van der Waals surface area contributed by atoms with Crippen LogP contribution in [0, 0.1) is 0 Å². The molecule has 1 aromatic rings. The van der Waals surface area contributed by atoms with Crippen molar-refractivity contribution in [3.63, 3.8) is 0 Å². The molecular formula is C17H21N3O3. The van der Waals surface area contributed by atoms with Gasteiger partial charge in [-0.2, -0.15) is 0 Å². The van der Waals surface area contributed by atoms with Gasteiger partial charge in [-0.3, -0.25) is 4.79 Å². The number of anilines is 1. The summed E-state index contributed by atoms with van der Waals surface area (Å²) in [6.07, 6.45) is 1.66. The van der Waals surface area contributed by atoms with E-state index in [1.54, 1.807) is 11.9 Å². The number of ether oxygens (including phenoxy) is 1. The van der Waals surface area contributed by atoms with Gasteiger partial charge in [0.15, 0.2) is 0 Å². The molecule has 0 bridgehead atoms. The first-order valence-corrected chi connectivity index (χ1v) is 8.15. The Hall–Kier alpha value is -2.08. The quantitative estimate of drug-likeness (QED) is 0.909. The van der Waals surface area contributed by atoms with Crippen molar-refractivity contribution < 1.29 is 14.3 Å². The molecule has 1 aromatic carbocycles. The second kappa shape index (κ2) is 5.23. The number of likely N-dealkylation sites (N-methyl/N-ethyl adjacent to an activating group) is 1. The molecule has 0 saturated carbocycles. The molecule has 2 saturated heterocycles. The van der Waals surface area contributed by atoms with Crippen molar-refractivity contribution in [1.29, 1.82) is 0 Å². The summed E-state index contributed by atoms with van der Waals surface area (Å²) in [7, 11) is 1.80. The predicted molar refractivity (Wildman–Crippen MR) is 85.4 cm³/mol. The number of para-hydroxylation sites is 1. The van der Waals surface area contributed by atoms with Crippen LogP contribution in [0.15, 0.2) is 24.3 Å². The number of fused-ring (bicyclic) bond motifs is 2. The van der Waals surface area contributed by atoms with Crippen molar-refractivity contribution >= 4 is 17.7 Å². The van der Waals surface area contributed by atoms with Gasteiger partial charge in [-0.25, -0.2) is 4.79 Å². The molecule has 4 rings (SSSR count). The van der Waals surface area contributed by atoms with E-state index in [-0.39, 0.29) is 23.6 Å². The van der Waals surface area contributed by atoms with Gasteiger partial charge in [0.1, 0.15) is 6.10 Å². The fourth-order valence-electron chi connectivity index (χ4n) is 4.09. The Morgan fingerprint density at radius 2 is 2.17 bits per heavy atom. The first-order chi connectivity index (χ1) is 11.1.